The molecule has 0 aliphatic carbocycles. The van der Waals surface area contributed by atoms with Crippen LogP contribution in [0.5, 0.6) is 0 Å². The molecule has 1 rings (SSSR count). The maximum atomic E-state index is 11.6. The SMILES string of the molecule is COC(=O)C1=C([O-])CN(C(=O)OC(C)(C)C)C1.[K+]. The van der Waals surface area contributed by atoms with E-state index in [1.54, 1.807) is 20.8 Å². The minimum Gasteiger partial charge on any atom is -0.874 e. The average Bonchev–Trinajstić information content (AvgIpc) is 2.57. The Kier molecular flexibility index (Phi) is 6.87. The van der Waals surface area contributed by atoms with Gasteiger partial charge < -0.3 is 19.5 Å². The van der Waals surface area contributed by atoms with Crippen LogP contribution in [0.3, 0.4) is 0 Å². The van der Waals surface area contributed by atoms with E-state index in [-0.39, 0.29) is 70.0 Å². The number of hydrogen-bond acceptors (Lipinski definition) is 5. The largest absolute Gasteiger partial charge is 1.00 e. The van der Waals surface area contributed by atoms with E-state index in [2.05, 4.69) is 4.74 Å². The minimum absolute atomic E-state index is 0. The van der Waals surface area contributed by atoms with Crippen LogP contribution in [0.4, 0.5) is 4.79 Å². The number of amides is 1. The molecule has 0 radical (unpaired) electrons. The third-order valence-electron chi connectivity index (χ3n) is 2.10. The standard InChI is InChI=1S/C11H17NO5.K/c1-11(2,3)17-10(15)12-5-7(8(13)6-12)9(14)16-4;/h13H,5-6H2,1-4H3;/q;+1/p-1. The van der Waals surface area contributed by atoms with E-state index in [4.69, 9.17) is 4.74 Å². The molecule has 0 bridgehead atoms. The van der Waals surface area contributed by atoms with E-state index in [1.807, 2.05) is 0 Å². The zero-order valence-corrected chi connectivity index (χ0v) is 14.5. The van der Waals surface area contributed by atoms with Crippen molar-refractivity contribution in [3.8, 4) is 0 Å². The summed E-state index contributed by atoms with van der Waals surface area (Å²) in [5.41, 5.74) is -0.646. The summed E-state index contributed by atoms with van der Waals surface area (Å²) in [7, 11) is 1.19. The molecular weight excluding hydrogens is 265 g/mol. The molecule has 96 valence electrons. The molecule has 0 saturated heterocycles. The molecule has 0 aromatic heterocycles. The summed E-state index contributed by atoms with van der Waals surface area (Å²) in [6, 6.07) is 0. The molecule has 0 fully saturated rings. The van der Waals surface area contributed by atoms with Crippen LogP contribution in [-0.4, -0.2) is 42.8 Å². The molecule has 0 aromatic carbocycles. The summed E-state index contributed by atoms with van der Waals surface area (Å²) in [5.74, 6) is -1.09. The number of carbonyl (C=O) groups is 2. The Labute approximate surface area is 149 Å². The van der Waals surface area contributed by atoms with Crippen molar-refractivity contribution in [2.75, 3.05) is 20.2 Å². The van der Waals surface area contributed by atoms with Gasteiger partial charge in [-0.2, -0.15) is 0 Å². The van der Waals surface area contributed by atoms with Gasteiger partial charge >= 0.3 is 63.4 Å². The molecule has 0 N–H and O–H groups in total. The fourth-order valence-corrected chi connectivity index (χ4v) is 1.36. The molecule has 0 unspecified atom stereocenters. The molecule has 18 heavy (non-hydrogen) atoms. The topological polar surface area (TPSA) is 78.9 Å². The Bertz CT molecular complexity index is 372. The minimum atomic E-state index is -0.693. The Morgan fingerprint density at radius 1 is 1.28 bits per heavy atom. The number of ether oxygens (including phenoxy) is 2. The van der Waals surface area contributed by atoms with Gasteiger partial charge in [-0.1, -0.05) is 0 Å². The number of hydrogen-bond donors (Lipinski definition) is 0. The Morgan fingerprint density at radius 2 is 1.83 bits per heavy atom. The van der Waals surface area contributed by atoms with E-state index < -0.39 is 23.4 Å². The van der Waals surface area contributed by atoms with Crippen molar-refractivity contribution in [3.05, 3.63) is 11.3 Å². The van der Waals surface area contributed by atoms with Crippen molar-refractivity contribution in [3.63, 3.8) is 0 Å². The van der Waals surface area contributed by atoms with Crippen molar-refractivity contribution in [2.45, 2.75) is 26.4 Å². The van der Waals surface area contributed by atoms with Gasteiger partial charge in [-0.05, 0) is 20.8 Å². The fraction of sp³-hybridized carbons (Fsp3) is 0.636. The van der Waals surface area contributed by atoms with Gasteiger partial charge in [0.1, 0.15) is 5.60 Å². The van der Waals surface area contributed by atoms with Gasteiger partial charge in [-0.15, -0.1) is 5.76 Å². The predicted octanol–water partition coefficient (Wildman–Crippen LogP) is -2.97. The van der Waals surface area contributed by atoms with Crippen LogP contribution >= 0.6 is 0 Å². The van der Waals surface area contributed by atoms with Gasteiger partial charge in [-0.3, -0.25) is 0 Å². The van der Waals surface area contributed by atoms with Gasteiger partial charge in [0.25, 0.3) is 0 Å². The second-order valence-electron chi connectivity index (χ2n) is 4.73. The fourth-order valence-electron chi connectivity index (χ4n) is 1.36. The normalized spacial score (nSPS) is 15.2. The van der Waals surface area contributed by atoms with E-state index >= 15 is 0 Å². The predicted molar refractivity (Wildman–Crippen MR) is 56.8 cm³/mol. The van der Waals surface area contributed by atoms with Crippen LogP contribution in [0, 0.1) is 0 Å². The molecule has 1 aliphatic rings. The summed E-state index contributed by atoms with van der Waals surface area (Å²) >= 11 is 0. The summed E-state index contributed by atoms with van der Waals surface area (Å²) in [4.78, 5) is 24.0. The first-order valence-corrected chi connectivity index (χ1v) is 5.20. The van der Waals surface area contributed by atoms with Gasteiger partial charge in [0, 0.05) is 12.1 Å². The second kappa shape index (κ2) is 6.90. The quantitative estimate of drug-likeness (QED) is 0.379. The second-order valence-corrected chi connectivity index (χ2v) is 4.73. The van der Waals surface area contributed by atoms with Crippen LogP contribution in [-0.2, 0) is 14.3 Å². The smallest absolute Gasteiger partial charge is 0.874 e. The number of esters is 1. The van der Waals surface area contributed by atoms with Crippen LogP contribution in [0.2, 0.25) is 0 Å². The Hall–Kier alpha value is -0.0836. The maximum Gasteiger partial charge on any atom is 1.00 e. The van der Waals surface area contributed by atoms with Crippen molar-refractivity contribution in [1.29, 1.82) is 0 Å². The number of carbonyl (C=O) groups excluding carboxylic acids is 2. The molecule has 1 amide bonds. The molecule has 0 atom stereocenters. The zero-order valence-electron chi connectivity index (χ0n) is 11.4. The molecule has 0 spiro atoms. The first-order chi connectivity index (χ1) is 7.74. The van der Waals surface area contributed by atoms with Crippen molar-refractivity contribution < 1.29 is 75.6 Å². The van der Waals surface area contributed by atoms with Crippen molar-refractivity contribution >= 4 is 12.1 Å². The summed E-state index contributed by atoms with van der Waals surface area (Å²) in [6.45, 7) is 4.99. The summed E-state index contributed by atoms with van der Waals surface area (Å²) < 4.78 is 9.56. The number of methoxy groups -OCH3 is 1. The van der Waals surface area contributed by atoms with Gasteiger partial charge in [-0.25, -0.2) is 9.59 Å². The first-order valence-electron chi connectivity index (χ1n) is 5.20. The number of nitrogens with zero attached hydrogens (tertiary/aromatic N) is 1. The van der Waals surface area contributed by atoms with Gasteiger partial charge in [0.05, 0.1) is 13.7 Å². The molecule has 6 nitrogen and oxygen atoms in total. The van der Waals surface area contributed by atoms with Crippen LogP contribution in [0.25, 0.3) is 0 Å². The maximum absolute atomic E-state index is 11.6. The molecule has 1 aliphatic heterocycles. The number of rotatable bonds is 1. The van der Waals surface area contributed by atoms with E-state index in [0.29, 0.717) is 0 Å². The molecular formula is C11H16KNO5. The Morgan fingerprint density at radius 3 is 2.28 bits per heavy atom. The van der Waals surface area contributed by atoms with E-state index in [1.165, 1.54) is 12.0 Å². The van der Waals surface area contributed by atoms with Gasteiger partial charge in [0.2, 0.25) is 0 Å². The van der Waals surface area contributed by atoms with E-state index in [9.17, 15) is 14.7 Å². The van der Waals surface area contributed by atoms with Gasteiger partial charge in [0.15, 0.2) is 0 Å². The zero-order chi connectivity index (χ0) is 13.2. The Balaban J connectivity index is 0.00000289. The van der Waals surface area contributed by atoms with Crippen LogP contribution in [0.1, 0.15) is 20.8 Å². The summed E-state index contributed by atoms with van der Waals surface area (Å²) in [6.07, 6.45) is -0.607. The first kappa shape index (κ1) is 17.9. The monoisotopic (exact) mass is 281 g/mol. The molecule has 1 heterocycles. The molecule has 0 saturated carbocycles. The van der Waals surface area contributed by atoms with Crippen LogP contribution < -0.4 is 56.5 Å². The molecule has 7 heteroatoms. The third kappa shape index (κ3) is 4.89. The van der Waals surface area contributed by atoms with Crippen molar-refractivity contribution in [2.24, 2.45) is 0 Å². The van der Waals surface area contributed by atoms with E-state index in [0.717, 1.165) is 0 Å². The summed E-state index contributed by atoms with van der Waals surface area (Å²) in [5, 5.41) is 11.5. The average molecular weight is 281 g/mol. The molecule has 0 aromatic rings. The van der Waals surface area contributed by atoms with Crippen molar-refractivity contribution in [1.82, 2.24) is 4.90 Å². The van der Waals surface area contributed by atoms with Crippen LogP contribution in [0.15, 0.2) is 11.3 Å². The third-order valence-corrected chi connectivity index (χ3v) is 2.10.